The van der Waals surface area contributed by atoms with E-state index in [1.807, 2.05) is 13.0 Å². The van der Waals surface area contributed by atoms with Crippen molar-refractivity contribution in [2.45, 2.75) is 26.3 Å². The SMILES string of the molecule is CC/C=C/Oc1nc(N)c([N+](=O)[O-])c(N(CC(=O)OC)C(C)c2ccc(C#N)cc2)n1. The number of nitrogen functional groups attached to an aromatic ring is 1. The van der Waals surface area contributed by atoms with Crippen LogP contribution in [0.2, 0.25) is 0 Å². The molecule has 31 heavy (non-hydrogen) atoms. The first-order chi connectivity index (χ1) is 14.8. The van der Waals surface area contributed by atoms with Crippen molar-refractivity contribution in [1.82, 2.24) is 9.97 Å². The summed E-state index contributed by atoms with van der Waals surface area (Å²) in [5.74, 6) is -1.24. The van der Waals surface area contributed by atoms with Gasteiger partial charge in [-0.2, -0.15) is 15.2 Å². The maximum atomic E-state index is 12.1. The van der Waals surface area contributed by atoms with Crippen molar-refractivity contribution in [2.75, 3.05) is 24.3 Å². The maximum Gasteiger partial charge on any atom is 0.353 e. The Kier molecular flexibility index (Phi) is 7.85. The summed E-state index contributed by atoms with van der Waals surface area (Å²) in [5, 5.41) is 20.7. The Morgan fingerprint density at radius 3 is 2.61 bits per heavy atom. The van der Waals surface area contributed by atoms with E-state index in [0.29, 0.717) is 17.5 Å². The van der Waals surface area contributed by atoms with Gasteiger partial charge in [0.1, 0.15) is 6.54 Å². The number of nitrogens with two attached hydrogens (primary N) is 1. The summed E-state index contributed by atoms with van der Waals surface area (Å²) in [4.78, 5) is 32.5. The van der Waals surface area contributed by atoms with E-state index >= 15 is 0 Å². The average Bonchev–Trinajstić information content (AvgIpc) is 2.76. The molecule has 11 heteroatoms. The number of anilines is 2. The molecule has 1 atom stereocenters. The first kappa shape index (κ1) is 23.1. The van der Waals surface area contributed by atoms with E-state index in [1.165, 1.54) is 18.3 Å². The van der Waals surface area contributed by atoms with Gasteiger partial charge in [-0.15, -0.1) is 0 Å². The van der Waals surface area contributed by atoms with Crippen LogP contribution in [0.5, 0.6) is 6.01 Å². The first-order valence-corrected chi connectivity index (χ1v) is 9.29. The van der Waals surface area contributed by atoms with E-state index in [9.17, 15) is 14.9 Å². The molecule has 0 aliphatic rings. The van der Waals surface area contributed by atoms with Crippen LogP contribution in [0.1, 0.15) is 37.4 Å². The number of benzene rings is 1. The Hall–Kier alpha value is -4.20. The predicted octanol–water partition coefficient (Wildman–Crippen LogP) is 2.88. The fraction of sp³-hybridized carbons (Fsp3) is 0.300. The van der Waals surface area contributed by atoms with Crippen LogP contribution in [0.3, 0.4) is 0 Å². The summed E-state index contributed by atoms with van der Waals surface area (Å²) in [6.07, 6.45) is 3.74. The van der Waals surface area contributed by atoms with Gasteiger partial charge in [-0.05, 0) is 37.1 Å². The number of rotatable bonds is 9. The second-order valence-corrected chi connectivity index (χ2v) is 6.33. The van der Waals surface area contributed by atoms with Crippen LogP contribution in [0, 0.1) is 21.4 Å². The van der Waals surface area contributed by atoms with Gasteiger partial charge in [0, 0.05) is 0 Å². The molecule has 0 aliphatic heterocycles. The number of methoxy groups -OCH3 is 1. The molecule has 0 radical (unpaired) electrons. The number of allylic oxidation sites excluding steroid dienone is 1. The number of ether oxygens (including phenoxy) is 2. The zero-order chi connectivity index (χ0) is 23.0. The van der Waals surface area contributed by atoms with Crippen molar-refractivity contribution < 1.29 is 19.2 Å². The molecule has 2 N–H and O–H groups in total. The maximum absolute atomic E-state index is 12.1. The minimum absolute atomic E-state index is 0.195. The van der Waals surface area contributed by atoms with Gasteiger partial charge in [0.25, 0.3) is 0 Å². The summed E-state index contributed by atoms with van der Waals surface area (Å²) in [7, 11) is 1.21. The van der Waals surface area contributed by atoms with Crippen LogP contribution in [-0.2, 0) is 9.53 Å². The molecule has 1 heterocycles. The molecule has 2 rings (SSSR count). The molecule has 2 aromatic rings. The Bertz CT molecular complexity index is 1020. The lowest BCUT2D eigenvalue weighted by molar-refractivity contribution is -0.383. The predicted molar refractivity (Wildman–Crippen MR) is 112 cm³/mol. The van der Waals surface area contributed by atoms with Crippen LogP contribution < -0.4 is 15.4 Å². The monoisotopic (exact) mass is 426 g/mol. The van der Waals surface area contributed by atoms with Crippen molar-refractivity contribution in [3.63, 3.8) is 0 Å². The highest BCUT2D eigenvalue weighted by Crippen LogP contribution is 2.37. The van der Waals surface area contributed by atoms with Crippen LogP contribution in [0.15, 0.2) is 36.6 Å². The molecule has 1 aromatic heterocycles. The number of carbonyl (C=O) groups is 1. The molecule has 0 saturated carbocycles. The second kappa shape index (κ2) is 10.5. The van der Waals surface area contributed by atoms with E-state index in [0.717, 1.165) is 0 Å². The Morgan fingerprint density at radius 2 is 2.06 bits per heavy atom. The number of hydrogen-bond acceptors (Lipinski definition) is 10. The van der Waals surface area contributed by atoms with Crippen molar-refractivity contribution in [3.05, 3.63) is 57.8 Å². The van der Waals surface area contributed by atoms with Gasteiger partial charge in [-0.3, -0.25) is 14.9 Å². The molecule has 1 aromatic carbocycles. The highest BCUT2D eigenvalue weighted by molar-refractivity contribution is 5.79. The molecule has 0 spiro atoms. The van der Waals surface area contributed by atoms with Gasteiger partial charge in [0.2, 0.25) is 11.6 Å². The van der Waals surface area contributed by atoms with E-state index in [2.05, 4.69) is 9.97 Å². The topological polar surface area (TPSA) is 158 Å². The minimum Gasteiger partial charge on any atom is -0.468 e. The molecule has 0 bridgehead atoms. The van der Waals surface area contributed by atoms with E-state index < -0.39 is 28.4 Å². The van der Waals surface area contributed by atoms with Crippen LogP contribution in [0.25, 0.3) is 0 Å². The molecule has 0 saturated heterocycles. The van der Waals surface area contributed by atoms with Gasteiger partial charge in [0.15, 0.2) is 0 Å². The van der Waals surface area contributed by atoms with E-state index in [4.69, 9.17) is 20.5 Å². The van der Waals surface area contributed by atoms with Crippen molar-refractivity contribution >= 4 is 23.3 Å². The Morgan fingerprint density at radius 1 is 1.39 bits per heavy atom. The summed E-state index contributed by atoms with van der Waals surface area (Å²) >= 11 is 0. The summed E-state index contributed by atoms with van der Waals surface area (Å²) < 4.78 is 10.1. The molecular weight excluding hydrogens is 404 g/mol. The van der Waals surface area contributed by atoms with Gasteiger partial charge < -0.3 is 20.1 Å². The molecule has 0 amide bonds. The van der Waals surface area contributed by atoms with Crippen LogP contribution in [-0.4, -0.2) is 34.5 Å². The lowest BCUT2D eigenvalue weighted by atomic mass is 10.0. The zero-order valence-corrected chi connectivity index (χ0v) is 17.3. The Labute approximate surface area is 178 Å². The summed E-state index contributed by atoms with van der Waals surface area (Å²) in [6.45, 7) is 3.27. The Balaban J connectivity index is 2.62. The number of aromatic nitrogens is 2. The molecule has 162 valence electrons. The highest BCUT2D eigenvalue weighted by Gasteiger charge is 2.32. The molecule has 0 aliphatic carbocycles. The van der Waals surface area contributed by atoms with Crippen molar-refractivity contribution in [1.29, 1.82) is 5.26 Å². The minimum atomic E-state index is -0.716. The number of carbonyl (C=O) groups excluding carboxylic acids is 1. The average molecular weight is 426 g/mol. The van der Waals surface area contributed by atoms with Gasteiger partial charge in [-0.25, -0.2) is 0 Å². The van der Waals surface area contributed by atoms with Crippen molar-refractivity contribution in [3.8, 4) is 12.1 Å². The molecule has 0 fully saturated rings. The quantitative estimate of drug-likeness (QED) is 0.273. The third kappa shape index (κ3) is 5.66. The third-order valence-corrected chi connectivity index (χ3v) is 4.35. The van der Waals surface area contributed by atoms with Gasteiger partial charge in [0.05, 0.1) is 36.0 Å². The number of hydrogen-bond donors (Lipinski definition) is 1. The standard InChI is InChI=1S/C20H22N6O5/c1-4-5-10-31-20-23-18(22)17(26(28)29)19(24-20)25(12-16(27)30-3)13(2)15-8-6-14(11-21)7-9-15/h5-10,13H,4,12H2,1-3H3,(H2,22,23,24)/b10-5+. The van der Waals surface area contributed by atoms with Crippen LogP contribution >= 0.6 is 0 Å². The van der Waals surface area contributed by atoms with Gasteiger partial charge in [-0.1, -0.05) is 19.1 Å². The highest BCUT2D eigenvalue weighted by atomic mass is 16.6. The first-order valence-electron chi connectivity index (χ1n) is 9.29. The van der Waals surface area contributed by atoms with E-state index in [-0.39, 0.29) is 18.4 Å². The summed E-state index contributed by atoms with van der Waals surface area (Å²) in [5.41, 5.74) is 6.40. The van der Waals surface area contributed by atoms with Crippen molar-refractivity contribution in [2.24, 2.45) is 0 Å². The zero-order valence-electron chi connectivity index (χ0n) is 17.3. The largest absolute Gasteiger partial charge is 0.468 e. The molecular formula is C20H22N6O5. The van der Waals surface area contributed by atoms with Gasteiger partial charge >= 0.3 is 17.7 Å². The molecule has 1 unspecified atom stereocenters. The number of nitro groups is 1. The van der Waals surface area contributed by atoms with E-state index in [1.54, 1.807) is 37.3 Å². The number of esters is 1. The summed E-state index contributed by atoms with van der Waals surface area (Å²) in [6, 6.07) is 7.83. The number of nitriles is 1. The normalized spacial score (nSPS) is 11.5. The third-order valence-electron chi connectivity index (χ3n) is 4.35. The molecule has 11 nitrogen and oxygen atoms in total. The smallest absolute Gasteiger partial charge is 0.353 e. The lowest BCUT2D eigenvalue weighted by Crippen LogP contribution is -2.34. The fourth-order valence-electron chi connectivity index (χ4n) is 2.69. The lowest BCUT2D eigenvalue weighted by Gasteiger charge is -2.29. The number of nitrogens with zero attached hydrogens (tertiary/aromatic N) is 5. The fourth-order valence-corrected chi connectivity index (χ4v) is 2.69. The second-order valence-electron chi connectivity index (χ2n) is 6.33. The van der Waals surface area contributed by atoms with Crippen LogP contribution in [0.4, 0.5) is 17.3 Å².